The predicted molar refractivity (Wildman–Crippen MR) is 82.6 cm³/mol. The van der Waals surface area contributed by atoms with E-state index in [1.165, 1.54) is 18.9 Å². The number of methoxy groups -OCH3 is 1. The van der Waals surface area contributed by atoms with E-state index in [9.17, 15) is 9.90 Å². The molecule has 0 amide bonds. The molecule has 0 saturated heterocycles. The number of aromatic nitrogens is 2. The highest BCUT2D eigenvalue weighted by atomic mass is 32.2. The van der Waals surface area contributed by atoms with E-state index in [0.717, 1.165) is 11.3 Å². The summed E-state index contributed by atoms with van der Waals surface area (Å²) in [5.74, 6) is -0.544. The fourth-order valence-corrected chi connectivity index (χ4v) is 3.01. The second-order valence-corrected chi connectivity index (χ2v) is 6.95. The van der Waals surface area contributed by atoms with Crippen molar-refractivity contribution in [2.75, 3.05) is 13.4 Å². The number of ether oxygens (including phenoxy) is 2. The second-order valence-electron chi connectivity index (χ2n) is 5.18. The van der Waals surface area contributed by atoms with Crippen LogP contribution in [0.15, 0.2) is 5.16 Å². The number of hydrogen-bond acceptors (Lipinski definition) is 8. The van der Waals surface area contributed by atoms with Crippen molar-refractivity contribution in [3.63, 3.8) is 0 Å². The van der Waals surface area contributed by atoms with Gasteiger partial charge in [0.25, 0.3) is 0 Å². The molecule has 2 heterocycles. The van der Waals surface area contributed by atoms with Crippen LogP contribution in [0.1, 0.15) is 30.4 Å². The van der Waals surface area contributed by atoms with Crippen molar-refractivity contribution in [1.29, 1.82) is 0 Å². The molecule has 6 nitrogen and oxygen atoms in total. The molecule has 2 aromatic heterocycles. The molecule has 0 aromatic carbocycles. The van der Waals surface area contributed by atoms with E-state index < -0.39 is 11.6 Å². The summed E-state index contributed by atoms with van der Waals surface area (Å²) in [4.78, 5) is 20.9. The van der Waals surface area contributed by atoms with Gasteiger partial charge in [-0.25, -0.2) is 9.78 Å². The molecular weight excluding hydrogens is 312 g/mol. The van der Waals surface area contributed by atoms with Gasteiger partial charge in [-0.3, -0.25) is 0 Å². The second kappa shape index (κ2) is 5.69. The maximum atomic E-state index is 11.7. The van der Waals surface area contributed by atoms with E-state index in [2.05, 4.69) is 14.7 Å². The highest BCUT2D eigenvalue weighted by Gasteiger charge is 2.26. The van der Waals surface area contributed by atoms with Gasteiger partial charge in [0, 0.05) is 0 Å². The van der Waals surface area contributed by atoms with Crippen LogP contribution in [0.3, 0.4) is 0 Å². The number of fused-ring (bicyclic) bond motifs is 1. The first-order valence-electron chi connectivity index (χ1n) is 6.11. The summed E-state index contributed by atoms with van der Waals surface area (Å²) in [5.41, 5.74) is -0.489. The molecular formula is C13H16N2O4S2. The highest BCUT2D eigenvalue weighted by molar-refractivity contribution is 7.98. The van der Waals surface area contributed by atoms with Crippen molar-refractivity contribution in [1.82, 2.24) is 9.97 Å². The van der Waals surface area contributed by atoms with Crippen molar-refractivity contribution < 1.29 is 19.4 Å². The topological polar surface area (TPSA) is 81.5 Å². The number of hydrogen-bond donors (Lipinski definition) is 1. The van der Waals surface area contributed by atoms with Gasteiger partial charge in [-0.05, 0) is 27.0 Å². The molecule has 0 bridgehead atoms. The van der Waals surface area contributed by atoms with E-state index in [-0.39, 0.29) is 16.5 Å². The van der Waals surface area contributed by atoms with Gasteiger partial charge in [0.2, 0.25) is 5.88 Å². The Bertz CT molecular complexity index is 692. The van der Waals surface area contributed by atoms with Crippen molar-refractivity contribution >= 4 is 39.3 Å². The number of carbonyl (C=O) groups is 1. The molecule has 8 heteroatoms. The molecule has 0 unspecified atom stereocenters. The number of nitrogens with zero attached hydrogens (tertiary/aromatic N) is 2. The van der Waals surface area contributed by atoms with Gasteiger partial charge in [-0.2, -0.15) is 4.98 Å². The highest BCUT2D eigenvalue weighted by Crippen LogP contribution is 2.42. The van der Waals surface area contributed by atoms with Crippen LogP contribution in [0, 0.1) is 0 Å². The normalized spacial score (nSPS) is 11.7. The maximum Gasteiger partial charge on any atom is 0.351 e. The van der Waals surface area contributed by atoms with E-state index in [1.54, 1.807) is 0 Å². The molecule has 0 aliphatic carbocycles. The minimum absolute atomic E-state index is 0.0961. The average Bonchev–Trinajstić information content (AvgIpc) is 2.73. The third-order valence-electron chi connectivity index (χ3n) is 2.43. The molecule has 114 valence electrons. The van der Waals surface area contributed by atoms with Crippen molar-refractivity contribution in [3.8, 4) is 11.6 Å². The molecule has 2 aromatic rings. The molecule has 2 rings (SSSR count). The summed E-state index contributed by atoms with van der Waals surface area (Å²) in [5, 5.41) is 11.1. The Hall–Kier alpha value is -1.54. The molecule has 0 aliphatic heterocycles. The lowest BCUT2D eigenvalue weighted by molar-refractivity contribution is 0.0603. The first-order valence-corrected chi connectivity index (χ1v) is 8.15. The van der Waals surface area contributed by atoms with Gasteiger partial charge >= 0.3 is 5.97 Å². The van der Waals surface area contributed by atoms with Crippen LogP contribution in [0.25, 0.3) is 10.2 Å². The van der Waals surface area contributed by atoms with Crippen LogP contribution >= 0.6 is 23.1 Å². The quantitative estimate of drug-likeness (QED) is 0.527. The van der Waals surface area contributed by atoms with Crippen LogP contribution in [-0.4, -0.2) is 40.0 Å². The Kier molecular flexibility index (Phi) is 4.29. The van der Waals surface area contributed by atoms with Crippen molar-refractivity contribution in [2.45, 2.75) is 31.5 Å². The lowest BCUT2D eigenvalue weighted by Gasteiger charge is -2.21. The summed E-state index contributed by atoms with van der Waals surface area (Å²) in [6, 6.07) is 0. The van der Waals surface area contributed by atoms with Crippen LogP contribution in [-0.2, 0) is 4.74 Å². The Morgan fingerprint density at radius 2 is 2.00 bits per heavy atom. The van der Waals surface area contributed by atoms with Gasteiger partial charge in [-0.1, -0.05) is 11.8 Å². The maximum absolute atomic E-state index is 11.7. The third kappa shape index (κ3) is 3.21. The summed E-state index contributed by atoms with van der Waals surface area (Å²) < 4.78 is 10.5. The Morgan fingerprint density at radius 3 is 2.52 bits per heavy atom. The monoisotopic (exact) mass is 328 g/mol. The largest absolute Gasteiger partial charge is 0.505 e. The zero-order valence-corrected chi connectivity index (χ0v) is 14.0. The van der Waals surface area contributed by atoms with Gasteiger partial charge in [-0.15, -0.1) is 11.3 Å². The smallest absolute Gasteiger partial charge is 0.351 e. The standard InChI is InChI=1S/C13H16N2O4S2/c1-13(2,3)19-9-6-7(16)8(11(17)18-4)21-10(6)15-12(14-9)20-5/h16H,1-5H3. The first kappa shape index (κ1) is 15.8. The van der Waals surface area contributed by atoms with Crippen molar-refractivity contribution in [3.05, 3.63) is 4.88 Å². The zero-order chi connectivity index (χ0) is 15.8. The summed E-state index contributed by atoms with van der Waals surface area (Å²) in [6.45, 7) is 5.64. The predicted octanol–water partition coefficient (Wildman–Crippen LogP) is 3.08. The molecule has 21 heavy (non-hydrogen) atoms. The average molecular weight is 328 g/mol. The Morgan fingerprint density at radius 1 is 1.33 bits per heavy atom. The number of esters is 1. The molecule has 0 fully saturated rings. The fraction of sp³-hybridized carbons (Fsp3) is 0.462. The number of carbonyl (C=O) groups excluding carboxylic acids is 1. The molecule has 0 atom stereocenters. The van der Waals surface area contributed by atoms with E-state index >= 15 is 0 Å². The molecule has 1 N–H and O–H groups in total. The molecule has 0 aliphatic rings. The van der Waals surface area contributed by atoms with Gasteiger partial charge in [0.1, 0.15) is 15.8 Å². The van der Waals surface area contributed by atoms with Crippen LogP contribution in [0.2, 0.25) is 0 Å². The van der Waals surface area contributed by atoms with E-state index in [1.807, 2.05) is 27.0 Å². The minimum atomic E-state index is -0.608. The first-order chi connectivity index (χ1) is 9.76. The van der Waals surface area contributed by atoms with Gasteiger partial charge in [0.15, 0.2) is 15.8 Å². The third-order valence-corrected chi connectivity index (χ3v) is 4.03. The van der Waals surface area contributed by atoms with Crippen LogP contribution in [0.5, 0.6) is 11.6 Å². The van der Waals surface area contributed by atoms with Crippen LogP contribution < -0.4 is 4.74 Å². The SMILES string of the molecule is COC(=O)c1sc2nc(SC)nc(OC(C)(C)C)c2c1O. The molecule has 0 radical (unpaired) electrons. The minimum Gasteiger partial charge on any atom is -0.505 e. The van der Waals surface area contributed by atoms with Gasteiger partial charge in [0.05, 0.1) is 7.11 Å². The number of aromatic hydroxyl groups is 1. The summed E-state index contributed by atoms with van der Waals surface area (Å²) in [6.07, 6.45) is 1.84. The lowest BCUT2D eigenvalue weighted by atomic mass is 10.2. The number of rotatable bonds is 3. The Labute approximate surface area is 130 Å². The van der Waals surface area contributed by atoms with Crippen LogP contribution in [0.4, 0.5) is 0 Å². The summed E-state index contributed by atoms with van der Waals surface area (Å²) >= 11 is 2.42. The fourth-order valence-electron chi connectivity index (χ4n) is 1.62. The zero-order valence-electron chi connectivity index (χ0n) is 12.4. The number of thiophene rings is 1. The summed E-state index contributed by atoms with van der Waals surface area (Å²) in [7, 11) is 1.26. The molecule has 0 spiro atoms. The Balaban J connectivity index is 2.70. The van der Waals surface area contributed by atoms with E-state index in [4.69, 9.17) is 4.74 Å². The molecule has 0 saturated carbocycles. The van der Waals surface area contributed by atoms with E-state index in [0.29, 0.717) is 15.4 Å². The van der Waals surface area contributed by atoms with Crippen molar-refractivity contribution in [2.24, 2.45) is 0 Å². The lowest BCUT2D eigenvalue weighted by Crippen LogP contribution is -2.23. The number of thioether (sulfide) groups is 1. The van der Waals surface area contributed by atoms with Gasteiger partial charge < -0.3 is 14.6 Å².